The number of halogens is 2. The van der Waals surface area contributed by atoms with Crippen LogP contribution in [0.15, 0.2) is 18.5 Å². The minimum Gasteiger partial charge on any atom is -0.345 e. The van der Waals surface area contributed by atoms with Gasteiger partial charge in [-0.2, -0.15) is 0 Å². The molecule has 0 aliphatic heterocycles. The molecule has 0 saturated heterocycles. The van der Waals surface area contributed by atoms with Crippen molar-refractivity contribution in [2.45, 2.75) is 13.8 Å². The van der Waals surface area contributed by atoms with Crippen LogP contribution >= 0.6 is 12.2 Å². The maximum absolute atomic E-state index is 13.9. The van der Waals surface area contributed by atoms with Crippen LogP contribution in [-0.2, 0) is 0 Å². The third-order valence-corrected chi connectivity index (χ3v) is 3.03. The van der Waals surface area contributed by atoms with Gasteiger partial charge in [0.2, 0.25) is 0 Å². The quantitative estimate of drug-likeness (QED) is 0.784. The van der Waals surface area contributed by atoms with Crippen molar-refractivity contribution in [3.05, 3.63) is 45.9 Å². The summed E-state index contributed by atoms with van der Waals surface area (Å²) in [5.41, 5.74) is 1.20. The van der Waals surface area contributed by atoms with E-state index in [0.717, 1.165) is 0 Å². The Labute approximate surface area is 102 Å². The second kappa shape index (κ2) is 4.33. The molecule has 0 spiro atoms. The summed E-state index contributed by atoms with van der Waals surface area (Å²) in [5, 5.41) is 0. The first kappa shape index (κ1) is 11.9. The van der Waals surface area contributed by atoms with Crippen molar-refractivity contribution >= 4 is 12.2 Å². The summed E-state index contributed by atoms with van der Waals surface area (Å²) in [6, 6.07) is 2.64. The van der Waals surface area contributed by atoms with E-state index in [4.69, 9.17) is 12.2 Å². The molecule has 1 heterocycles. The SMILES string of the molecule is Cc1ccc(F)c(-c2[nH]cnc(=S)c2C)c1F. The lowest BCUT2D eigenvalue weighted by Crippen LogP contribution is -1.99. The summed E-state index contributed by atoms with van der Waals surface area (Å²) in [5.74, 6) is -1.20. The molecule has 2 nitrogen and oxygen atoms in total. The van der Waals surface area contributed by atoms with Gasteiger partial charge in [0, 0.05) is 5.56 Å². The van der Waals surface area contributed by atoms with E-state index in [1.165, 1.54) is 18.5 Å². The van der Waals surface area contributed by atoms with Crippen LogP contribution < -0.4 is 0 Å². The average Bonchev–Trinajstić information content (AvgIpc) is 2.30. The number of rotatable bonds is 1. The standard InChI is InChI=1S/C12H10F2N2S/c1-6-3-4-8(13)9(10(6)14)11-7(2)12(17)16-5-15-11/h3-5H,1-2H3,(H,15,16,17). The Morgan fingerprint density at radius 3 is 2.65 bits per heavy atom. The van der Waals surface area contributed by atoms with E-state index in [9.17, 15) is 8.78 Å². The van der Waals surface area contributed by atoms with E-state index in [0.29, 0.717) is 21.5 Å². The third kappa shape index (κ3) is 1.98. The molecule has 0 radical (unpaired) electrons. The van der Waals surface area contributed by atoms with Crippen LogP contribution in [0.5, 0.6) is 0 Å². The van der Waals surface area contributed by atoms with Crippen molar-refractivity contribution in [2.75, 3.05) is 0 Å². The van der Waals surface area contributed by atoms with Crippen LogP contribution in [0.4, 0.5) is 8.78 Å². The molecule has 5 heteroatoms. The van der Waals surface area contributed by atoms with Crippen molar-refractivity contribution in [3.8, 4) is 11.3 Å². The number of H-pyrrole nitrogens is 1. The predicted octanol–water partition coefficient (Wildman–Crippen LogP) is 3.70. The van der Waals surface area contributed by atoms with Gasteiger partial charge >= 0.3 is 0 Å². The van der Waals surface area contributed by atoms with Gasteiger partial charge < -0.3 is 4.98 Å². The van der Waals surface area contributed by atoms with Crippen molar-refractivity contribution in [1.82, 2.24) is 9.97 Å². The van der Waals surface area contributed by atoms with Crippen LogP contribution in [0.3, 0.4) is 0 Å². The highest BCUT2D eigenvalue weighted by molar-refractivity contribution is 7.71. The van der Waals surface area contributed by atoms with E-state index in [1.807, 2.05) is 0 Å². The summed E-state index contributed by atoms with van der Waals surface area (Å²) in [6.45, 7) is 3.27. The molecule has 17 heavy (non-hydrogen) atoms. The highest BCUT2D eigenvalue weighted by atomic mass is 32.1. The maximum Gasteiger partial charge on any atom is 0.138 e. The summed E-state index contributed by atoms with van der Waals surface area (Å²) < 4.78 is 28.0. The van der Waals surface area contributed by atoms with Gasteiger partial charge in [0.1, 0.15) is 16.3 Å². The number of nitrogens with one attached hydrogen (secondary N) is 1. The number of hydrogen-bond acceptors (Lipinski definition) is 2. The summed E-state index contributed by atoms with van der Waals surface area (Å²) >= 11 is 4.98. The van der Waals surface area contributed by atoms with E-state index < -0.39 is 11.6 Å². The molecular formula is C12H10F2N2S. The van der Waals surface area contributed by atoms with Crippen molar-refractivity contribution < 1.29 is 8.78 Å². The molecule has 0 aliphatic rings. The molecule has 0 unspecified atom stereocenters. The topological polar surface area (TPSA) is 28.7 Å². The molecule has 0 bridgehead atoms. The highest BCUT2D eigenvalue weighted by Crippen LogP contribution is 2.28. The average molecular weight is 252 g/mol. The second-order valence-corrected chi connectivity index (χ2v) is 4.15. The molecular weight excluding hydrogens is 242 g/mol. The molecule has 2 aromatic rings. The molecule has 1 aromatic heterocycles. The second-order valence-electron chi connectivity index (χ2n) is 3.76. The monoisotopic (exact) mass is 252 g/mol. The Hall–Kier alpha value is -1.62. The Kier molecular flexibility index (Phi) is 3.02. The Bertz CT molecular complexity index is 635. The minimum atomic E-state index is -0.618. The largest absolute Gasteiger partial charge is 0.345 e. The van der Waals surface area contributed by atoms with E-state index in [-0.39, 0.29) is 5.56 Å². The van der Waals surface area contributed by atoms with Gasteiger partial charge in [-0.1, -0.05) is 18.3 Å². The van der Waals surface area contributed by atoms with Crippen molar-refractivity contribution in [2.24, 2.45) is 0 Å². The highest BCUT2D eigenvalue weighted by Gasteiger charge is 2.16. The lowest BCUT2D eigenvalue weighted by atomic mass is 10.0. The van der Waals surface area contributed by atoms with Crippen LogP contribution in [-0.4, -0.2) is 9.97 Å². The minimum absolute atomic E-state index is 0.0870. The predicted molar refractivity (Wildman–Crippen MR) is 64.2 cm³/mol. The Morgan fingerprint density at radius 2 is 1.94 bits per heavy atom. The van der Waals surface area contributed by atoms with Gasteiger partial charge in [-0.05, 0) is 25.5 Å². The molecule has 0 amide bonds. The van der Waals surface area contributed by atoms with Crippen LogP contribution in [0, 0.1) is 30.1 Å². The molecule has 88 valence electrons. The summed E-state index contributed by atoms with van der Waals surface area (Å²) in [7, 11) is 0. The lowest BCUT2D eigenvalue weighted by Gasteiger charge is -2.09. The lowest BCUT2D eigenvalue weighted by molar-refractivity contribution is 0.582. The zero-order chi connectivity index (χ0) is 12.6. The normalized spacial score (nSPS) is 10.6. The fraction of sp³-hybridized carbons (Fsp3) is 0.167. The number of aromatic nitrogens is 2. The van der Waals surface area contributed by atoms with Crippen LogP contribution in [0.1, 0.15) is 11.1 Å². The van der Waals surface area contributed by atoms with E-state index in [1.54, 1.807) is 13.8 Å². The molecule has 2 rings (SSSR count). The first-order valence-corrected chi connectivity index (χ1v) is 5.42. The zero-order valence-electron chi connectivity index (χ0n) is 9.34. The van der Waals surface area contributed by atoms with Gasteiger partial charge in [0.15, 0.2) is 0 Å². The number of hydrogen-bond donors (Lipinski definition) is 1. The molecule has 0 fully saturated rings. The van der Waals surface area contributed by atoms with Gasteiger partial charge in [0.25, 0.3) is 0 Å². The van der Waals surface area contributed by atoms with E-state index in [2.05, 4.69) is 9.97 Å². The molecule has 0 atom stereocenters. The number of aryl methyl sites for hydroxylation is 1. The Balaban J connectivity index is 2.82. The fourth-order valence-electron chi connectivity index (χ4n) is 1.61. The zero-order valence-corrected chi connectivity index (χ0v) is 10.2. The smallest absolute Gasteiger partial charge is 0.138 e. The number of aromatic amines is 1. The molecule has 0 saturated carbocycles. The first-order chi connectivity index (χ1) is 8.02. The van der Waals surface area contributed by atoms with Crippen molar-refractivity contribution in [3.63, 3.8) is 0 Å². The van der Waals surface area contributed by atoms with Crippen LogP contribution in [0.2, 0.25) is 0 Å². The molecule has 1 aromatic carbocycles. The van der Waals surface area contributed by atoms with Gasteiger partial charge in [-0.15, -0.1) is 0 Å². The van der Waals surface area contributed by atoms with Gasteiger partial charge in [0.05, 0.1) is 17.6 Å². The number of nitrogens with zero attached hydrogens (tertiary/aromatic N) is 1. The molecule has 0 aliphatic carbocycles. The van der Waals surface area contributed by atoms with Crippen LogP contribution in [0.25, 0.3) is 11.3 Å². The van der Waals surface area contributed by atoms with Crippen molar-refractivity contribution in [1.29, 1.82) is 0 Å². The number of benzene rings is 1. The fourth-order valence-corrected chi connectivity index (χ4v) is 1.77. The summed E-state index contributed by atoms with van der Waals surface area (Å²) in [4.78, 5) is 6.61. The van der Waals surface area contributed by atoms with E-state index >= 15 is 0 Å². The summed E-state index contributed by atoms with van der Waals surface area (Å²) in [6.07, 6.45) is 1.34. The van der Waals surface area contributed by atoms with Gasteiger partial charge in [-0.25, -0.2) is 13.8 Å². The Morgan fingerprint density at radius 1 is 1.24 bits per heavy atom. The third-order valence-electron chi connectivity index (χ3n) is 2.62. The molecule has 1 N–H and O–H groups in total. The maximum atomic E-state index is 13.9. The first-order valence-electron chi connectivity index (χ1n) is 5.01. The van der Waals surface area contributed by atoms with Gasteiger partial charge in [-0.3, -0.25) is 0 Å².